The molecular weight excluding hydrogens is 290 g/mol. The Hall–Kier alpha value is -2.07. The van der Waals surface area contributed by atoms with Gasteiger partial charge in [-0.15, -0.1) is 0 Å². The van der Waals surface area contributed by atoms with E-state index in [1.807, 2.05) is 0 Å². The van der Waals surface area contributed by atoms with Crippen LogP contribution in [0.15, 0.2) is 18.2 Å². The van der Waals surface area contributed by atoms with E-state index in [4.69, 9.17) is 5.11 Å². The summed E-state index contributed by atoms with van der Waals surface area (Å²) in [4.78, 5) is 12.7. The van der Waals surface area contributed by atoms with Crippen LogP contribution in [0.4, 0.5) is 17.6 Å². The predicted molar refractivity (Wildman–Crippen MR) is 68.0 cm³/mol. The third-order valence-electron chi connectivity index (χ3n) is 2.59. The molecule has 0 unspecified atom stereocenters. The molecule has 0 spiro atoms. The maximum Gasteiger partial charge on any atom is 0.390 e. The zero-order chi connectivity index (χ0) is 16.0. The van der Waals surface area contributed by atoms with Gasteiger partial charge in [-0.3, -0.25) is 4.79 Å². The van der Waals surface area contributed by atoms with E-state index in [2.05, 4.69) is 11.8 Å². The van der Waals surface area contributed by atoms with Crippen molar-refractivity contribution in [3.8, 4) is 11.8 Å². The van der Waals surface area contributed by atoms with Crippen molar-refractivity contribution in [3.05, 3.63) is 35.1 Å². The molecule has 7 heteroatoms. The van der Waals surface area contributed by atoms with Crippen LogP contribution in [-0.2, 0) is 0 Å². The smallest absolute Gasteiger partial charge is 0.384 e. The van der Waals surface area contributed by atoms with Crippen molar-refractivity contribution in [1.82, 2.24) is 4.90 Å². The molecule has 0 aliphatic carbocycles. The van der Waals surface area contributed by atoms with Gasteiger partial charge in [0.25, 0.3) is 5.91 Å². The Bertz CT molecular complexity index is 573. The number of halogens is 4. The molecule has 114 valence electrons. The minimum atomic E-state index is -4.39. The van der Waals surface area contributed by atoms with Gasteiger partial charge in [-0.05, 0) is 18.2 Å². The first-order valence-electron chi connectivity index (χ1n) is 5.96. The molecule has 0 saturated heterocycles. The summed E-state index contributed by atoms with van der Waals surface area (Å²) < 4.78 is 49.9. The van der Waals surface area contributed by atoms with Crippen molar-refractivity contribution in [2.45, 2.75) is 12.6 Å². The molecular formula is C14H13F4NO2. The number of amides is 1. The van der Waals surface area contributed by atoms with Crippen molar-refractivity contribution >= 4 is 5.91 Å². The number of carbonyl (C=O) groups excluding carboxylic acids is 1. The molecule has 0 atom stereocenters. The second-order valence-electron chi connectivity index (χ2n) is 4.25. The zero-order valence-corrected chi connectivity index (χ0v) is 11.2. The largest absolute Gasteiger partial charge is 0.390 e. The van der Waals surface area contributed by atoms with Gasteiger partial charge >= 0.3 is 6.18 Å². The number of aliphatic hydroxyl groups excluding tert-OH is 1. The summed E-state index contributed by atoms with van der Waals surface area (Å²) in [5.74, 6) is 3.13. The SMILES string of the molecule is CN(CCC(F)(F)F)C(=O)c1cc(C#CCO)ccc1F. The van der Waals surface area contributed by atoms with Crippen molar-refractivity contribution in [3.63, 3.8) is 0 Å². The standard InChI is InChI=1S/C14H13F4NO2/c1-19(7-6-14(16,17)18)13(21)11-9-10(3-2-8-20)4-5-12(11)15/h4-5,9,20H,6-8H2,1H3. The minimum Gasteiger partial charge on any atom is -0.384 e. The lowest BCUT2D eigenvalue weighted by atomic mass is 10.1. The first kappa shape index (κ1) is 17.0. The normalized spacial score (nSPS) is 10.8. The summed E-state index contributed by atoms with van der Waals surface area (Å²) in [6.07, 6.45) is -5.55. The van der Waals surface area contributed by atoms with Gasteiger partial charge in [-0.25, -0.2) is 4.39 Å². The Kier molecular flexibility index (Phi) is 5.73. The van der Waals surface area contributed by atoms with Gasteiger partial charge in [0.2, 0.25) is 0 Å². The van der Waals surface area contributed by atoms with Gasteiger partial charge in [-0.2, -0.15) is 13.2 Å². The average molecular weight is 303 g/mol. The van der Waals surface area contributed by atoms with Crippen molar-refractivity contribution in [1.29, 1.82) is 0 Å². The van der Waals surface area contributed by atoms with Crippen LogP contribution in [0.2, 0.25) is 0 Å². The fourth-order valence-corrected chi connectivity index (χ4v) is 1.51. The molecule has 0 bridgehead atoms. The number of alkyl halides is 3. The van der Waals surface area contributed by atoms with Crippen LogP contribution in [-0.4, -0.2) is 42.3 Å². The molecule has 0 heterocycles. The maximum atomic E-state index is 13.6. The third kappa shape index (κ3) is 5.44. The Labute approximate surface area is 119 Å². The number of nitrogens with zero attached hydrogens (tertiary/aromatic N) is 1. The fraction of sp³-hybridized carbons (Fsp3) is 0.357. The van der Waals surface area contributed by atoms with Crippen LogP contribution in [0.5, 0.6) is 0 Å². The fourth-order valence-electron chi connectivity index (χ4n) is 1.51. The summed E-state index contributed by atoms with van der Waals surface area (Å²) in [6.45, 7) is -0.958. The van der Waals surface area contributed by atoms with Gasteiger partial charge in [-0.1, -0.05) is 11.8 Å². The second-order valence-corrected chi connectivity index (χ2v) is 4.25. The van der Waals surface area contributed by atoms with Crippen LogP contribution in [0.1, 0.15) is 22.3 Å². The van der Waals surface area contributed by atoms with E-state index in [1.54, 1.807) is 0 Å². The summed E-state index contributed by atoms with van der Waals surface area (Å²) in [7, 11) is 1.17. The number of hydrogen-bond acceptors (Lipinski definition) is 2. The van der Waals surface area contributed by atoms with Crippen LogP contribution in [0.3, 0.4) is 0 Å². The van der Waals surface area contributed by atoms with E-state index in [1.165, 1.54) is 13.1 Å². The quantitative estimate of drug-likeness (QED) is 0.687. The first-order valence-corrected chi connectivity index (χ1v) is 5.96. The molecule has 0 saturated carbocycles. The molecule has 0 fully saturated rings. The molecule has 3 nitrogen and oxygen atoms in total. The highest BCUT2D eigenvalue weighted by Crippen LogP contribution is 2.20. The highest BCUT2D eigenvalue weighted by Gasteiger charge is 2.28. The summed E-state index contributed by atoms with van der Waals surface area (Å²) in [6, 6.07) is 3.46. The maximum absolute atomic E-state index is 13.6. The molecule has 1 amide bonds. The van der Waals surface area contributed by atoms with Crippen LogP contribution in [0, 0.1) is 17.7 Å². The highest BCUT2D eigenvalue weighted by atomic mass is 19.4. The number of hydrogen-bond donors (Lipinski definition) is 1. The van der Waals surface area contributed by atoms with Gasteiger partial charge in [0, 0.05) is 19.2 Å². The van der Waals surface area contributed by atoms with Crippen LogP contribution in [0.25, 0.3) is 0 Å². The molecule has 1 aromatic rings. The van der Waals surface area contributed by atoms with E-state index in [0.29, 0.717) is 0 Å². The summed E-state index contributed by atoms with van der Waals surface area (Å²) in [5, 5.41) is 8.57. The lowest BCUT2D eigenvalue weighted by Crippen LogP contribution is -2.31. The minimum absolute atomic E-state index is 0.290. The number of aliphatic hydroxyl groups is 1. The van der Waals surface area contributed by atoms with E-state index in [-0.39, 0.29) is 11.1 Å². The van der Waals surface area contributed by atoms with Gasteiger partial charge in [0.05, 0.1) is 12.0 Å². The molecule has 1 aromatic carbocycles. The molecule has 1 N–H and O–H groups in total. The van der Waals surface area contributed by atoms with Crippen LogP contribution >= 0.6 is 0 Å². The zero-order valence-electron chi connectivity index (χ0n) is 11.2. The molecule has 0 aromatic heterocycles. The third-order valence-corrected chi connectivity index (χ3v) is 2.59. The monoisotopic (exact) mass is 303 g/mol. The Morgan fingerprint density at radius 2 is 2.05 bits per heavy atom. The first-order chi connectivity index (χ1) is 9.74. The Morgan fingerprint density at radius 1 is 1.38 bits per heavy atom. The van der Waals surface area contributed by atoms with E-state index >= 15 is 0 Å². The van der Waals surface area contributed by atoms with E-state index in [9.17, 15) is 22.4 Å². The van der Waals surface area contributed by atoms with E-state index < -0.39 is 37.5 Å². The van der Waals surface area contributed by atoms with Gasteiger partial charge in [0.15, 0.2) is 0 Å². The number of rotatable bonds is 3. The van der Waals surface area contributed by atoms with E-state index in [0.717, 1.165) is 17.0 Å². The molecule has 0 radical (unpaired) electrons. The van der Waals surface area contributed by atoms with Crippen molar-refractivity contribution in [2.75, 3.05) is 20.2 Å². The summed E-state index contributed by atoms with van der Waals surface area (Å²) >= 11 is 0. The molecule has 0 aliphatic heterocycles. The summed E-state index contributed by atoms with van der Waals surface area (Å²) in [5.41, 5.74) is -0.0672. The van der Waals surface area contributed by atoms with Crippen LogP contribution < -0.4 is 0 Å². The highest BCUT2D eigenvalue weighted by molar-refractivity contribution is 5.94. The topological polar surface area (TPSA) is 40.5 Å². The Balaban J connectivity index is 2.90. The molecule has 0 aliphatic rings. The Morgan fingerprint density at radius 3 is 2.62 bits per heavy atom. The van der Waals surface area contributed by atoms with Gasteiger partial charge in [0.1, 0.15) is 12.4 Å². The van der Waals surface area contributed by atoms with Crippen molar-refractivity contribution < 1.29 is 27.5 Å². The number of carbonyl (C=O) groups is 1. The second kappa shape index (κ2) is 7.09. The molecule has 21 heavy (non-hydrogen) atoms. The van der Waals surface area contributed by atoms with Gasteiger partial charge < -0.3 is 10.0 Å². The lowest BCUT2D eigenvalue weighted by molar-refractivity contribution is -0.136. The molecule has 1 rings (SSSR count). The number of benzene rings is 1. The average Bonchev–Trinajstić information content (AvgIpc) is 2.42. The van der Waals surface area contributed by atoms with Crippen molar-refractivity contribution in [2.24, 2.45) is 0 Å². The predicted octanol–water partition coefficient (Wildman–Crippen LogP) is 2.19. The lowest BCUT2D eigenvalue weighted by Gasteiger charge is -2.18.